The number of hydrogen-bond acceptors (Lipinski definition) is 3. The number of methoxy groups -OCH3 is 1. The molecular formula is C10H21NO2. The first-order chi connectivity index (χ1) is 6.29. The Hall–Kier alpha value is -0.120. The molecule has 0 bridgehead atoms. The van der Waals surface area contributed by atoms with Gasteiger partial charge < -0.3 is 9.47 Å². The lowest BCUT2D eigenvalue weighted by Gasteiger charge is -2.24. The summed E-state index contributed by atoms with van der Waals surface area (Å²) in [7, 11) is 3.93. The normalized spacial score (nSPS) is 29.8. The molecule has 0 N–H and O–H groups in total. The van der Waals surface area contributed by atoms with Crippen LogP contribution >= 0.6 is 0 Å². The zero-order chi connectivity index (χ0) is 9.68. The van der Waals surface area contributed by atoms with Crippen molar-refractivity contribution in [1.82, 2.24) is 4.90 Å². The molecule has 1 heterocycles. The molecule has 78 valence electrons. The van der Waals surface area contributed by atoms with Crippen molar-refractivity contribution in [1.29, 1.82) is 0 Å². The van der Waals surface area contributed by atoms with Crippen LogP contribution in [0.3, 0.4) is 0 Å². The Morgan fingerprint density at radius 1 is 1.23 bits per heavy atom. The minimum atomic E-state index is 0.593. The minimum absolute atomic E-state index is 0.593. The monoisotopic (exact) mass is 187 g/mol. The van der Waals surface area contributed by atoms with Gasteiger partial charge in [0, 0.05) is 25.8 Å². The molecule has 0 radical (unpaired) electrons. The molecule has 0 amide bonds. The molecule has 1 fully saturated rings. The van der Waals surface area contributed by atoms with Crippen molar-refractivity contribution >= 4 is 0 Å². The van der Waals surface area contributed by atoms with Crippen molar-refractivity contribution in [2.45, 2.75) is 31.8 Å². The van der Waals surface area contributed by atoms with Crippen LogP contribution in [0.1, 0.15) is 19.8 Å². The lowest BCUT2D eigenvalue weighted by molar-refractivity contribution is 0.0640. The zero-order valence-electron chi connectivity index (χ0n) is 8.95. The number of hydrogen-bond donors (Lipinski definition) is 0. The second kappa shape index (κ2) is 5.58. The van der Waals surface area contributed by atoms with Gasteiger partial charge in [0.1, 0.15) is 0 Å². The van der Waals surface area contributed by atoms with Gasteiger partial charge in [-0.05, 0) is 26.8 Å². The molecular weight excluding hydrogens is 166 g/mol. The SMILES string of the molecule is CCOCC1CCC(COC)N1C. The minimum Gasteiger partial charge on any atom is -0.383 e. The van der Waals surface area contributed by atoms with Gasteiger partial charge >= 0.3 is 0 Å². The fourth-order valence-corrected chi connectivity index (χ4v) is 1.94. The summed E-state index contributed by atoms with van der Waals surface area (Å²) in [6.45, 7) is 4.58. The van der Waals surface area contributed by atoms with Gasteiger partial charge in [-0.25, -0.2) is 0 Å². The Morgan fingerprint density at radius 3 is 2.38 bits per heavy atom. The Bertz CT molecular complexity index is 141. The van der Waals surface area contributed by atoms with Gasteiger partial charge in [0.25, 0.3) is 0 Å². The van der Waals surface area contributed by atoms with Gasteiger partial charge in [0.2, 0.25) is 0 Å². The van der Waals surface area contributed by atoms with Gasteiger partial charge in [-0.15, -0.1) is 0 Å². The second-order valence-electron chi connectivity index (χ2n) is 3.67. The van der Waals surface area contributed by atoms with Gasteiger partial charge in [0.05, 0.1) is 13.2 Å². The molecule has 2 atom stereocenters. The van der Waals surface area contributed by atoms with E-state index >= 15 is 0 Å². The standard InChI is InChI=1S/C10H21NO2/c1-4-13-8-10-6-5-9(7-12-3)11(10)2/h9-10H,4-8H2,1-3H3. The second-order valence-corrected chi connectivity index (χ2v) is 3.67. The lowest BCUT2D eigenvalue weighted by atomic mass is 10.2. The highest BCUT2D eigenvalue weighted by Gasteiger charge is 2.29. The number of nitrogens with zero attached hydrogens (tertiary/aromatic N) is 1. The van der Waals surface area contributed by atoms with E-state index < -0.39 is 0 Å². The predicted molar refractivity (Wildman–Crippen MR) is 52.9 cm³/mol. The molecule has 1 rings (SSSR count). The molecule has 0 aromatic rings. The van der Waals surface area contributed by atoms with Crippen LogP contribution in [0, 0.1) is 0 Å². The summed E-state index contributed by atoms with van der Waals surface area (Å²) < 4.78 is 10.6. The largest absolute Gasteiger partial charge is 0.383 e. The zero-order valence-corrected chi connectivity index (χ0v) is 8.95. The molecule has 0 saturated carbocycles. The van der Waals surface area contributed by atoms with Crippen molar-refractivity contribution in [3.05, 3.63) is 0 Å². The highest BCUT2D eigenvalue weighted by molar-refractivity contribution is 4.84. The Kier molecular flexibility index (Phi) is 4.70. The maximum atomic E-state index is 5.43. The van der Waals surface area contributed by atoms with Gasteiger partial charge in [-0.2, -0.15) is 0 Å². The van der Waals surface area contributed by atoms with Gasteiger partial charge in [0.15, 0.2) is 0 Å². The Balaban J connectivity index is 2.27. The molecule has 3 nitrogen and oxygen atoms in total. The van der Waals surface area contributed by atoms with Crippen LogP contribution < -0.4 is 0 Å². The number of ether oxygens (including phenoxy) is 2. The maximum Gasteiger partial charge on any atom is 0.0621 e. The van der Waals surface area contributed by atoms with Crippen LogP contribution in [-0.2, 0) is 9.47 Å². The third-order valence-corrected chi connectivity index (χ3v) is 2.86. The van der Waals surface area contributed by atoms with Gasteiger partial charge in [-0.1, -0.05) is 0 Å². The summed E-state index contributed by atoms with van der Waals surface area (Å²) in [4.78, 5) is 2.39. The number of likely N-dealkylation sites (tertiary alicyclic amines) is 1. The highest BCUT2D eigenvalue weighted by atomic mass is 16.5. The van der Waals surface area contributed by atoms with E-state index in [4.69, 9.17) is 9.47 Å². The first kappa shape index (κ1) is 11.0. The molecule has 1 aliphatic heterocycles. The molecule has 0 spiro atoms. The summed E-state index contributed by atoms with van der Waals surface area (Å²) in [5.74, 6) is 0. The first-order valence-electron chi connectivity index (χ1n) is 5.08. The topological polar surface area (TPSA) is 21.7 Å². The van der Waals surface area contributed by atoms with Crippen molar-refractivity contribution in [2.75, 3.05) is 34.0 Å². The fraction of sp³-hybridized carbons (Fsp3) is 1.00. The lowest BCUT2D eigenvalue weighted by Crippen LogP contribution is -2.37. The molecule has 0 aromatic carbocycles. The molecule has 0 aromatic heterocycles. The first-order valence-corrected chi connectivity index (χ1v) is 5.08. The fourth-order valence-electron chi connectivity index (χ4n) is 1.94. The Morgan fingerprint density at radius 2 is 1.85 bits per heavy atom. The van der Waals surface area contributed by atoms with E-state index in [9.17, 15) is 0 Å². The molecule has 0 aliphatic carbocycles. The Labute approximate surface area is 81.0 Å². The summed E-state index contributed by atoms with van der Waals surface area (Å²) in [6, 6.07) is 1.19. The summed E-state index contributed by atoms with van der Waals surface area (Å²) in [5, 5.41) is 0. The van der Waals surface area contributed by atoms with E-state index in [0.717, 1.165) is 19.8 Å². The van der Waals surface area contributed by atoms with E-state index in [-0.39, 0.29) is 0 Å². The van der Waals surface area contributed by atoms with Crippen molar-refractivity contribution in [2.24, 2.45) is 0 Å². The van der Waals surface area contributed by atoms with E-state index in [0.29, 0.717) is 12.1 Å². The van der Waals surface area contributed by atoms with E-state index in [1.54, 1.807) is 7.11 Å². The third kappa shape index (κ3) is 2.93. The van der Waals surface area contributed by atoms with Crippen molar-refractivity contribution < 1.29 is 9.47 Å². The van der Waals surface area contributed by atoms with E-state index in [1.807, 2.05) is 6.92 Å². The maximum absolute atomic E-state index is 5.43. The smallest absolute Gasteiger partial charge is 0.0621 e. The highest BCUT2D eigenvalue weighted by Crippen LogP contribution is 2.22. The predicted octanol–water partition coefficient (Wildman–Crippen LogP) is 1.13. The van der Waals surface area contributed by atoms with Crippen molar-refractivity contribution in [3.8, 4) is 0 Å². The van der Waals surface area contributed by atoms with Crippen LogP contribution in [0.5, 0.6) is 0 Å². The number of likely N-dealkylation sites (N-methyl/N-ethyl adjacent to an activating group) is 1. The van der Waals surface area contributed by atoms with Crippen LogP contribution in [0.2, 0.25) is 0 Å². The average molecular weight is 187 g/mol. The van der Waals surface area contributed by atoms with Crippen LogP contribution in [-0.4, -0.2) is 51.0 Å². The summed E-state index contributed by atoms with van der Waals surface area (Å²) in [6.07, 6.45) is 2.48. The summed E-state index contributed by atoms with van der Waals surface area (Å²) in [5.41, 5.74) is 0. The third-order valence-electron chi connectivity index (χ3n) is 2.86. The molecule has 1 saturated heterocycles. The molecule has 1 aliphatic rings. The van der Waals surface area contributed by atoms with E-state index in [1.165, 1.54) is 12.8 Å². The quantitative estimate of drug-likeness (QED) is 0.644. The van der Waals surface area contributed by atoms with Crippen LogP contribution in [0.25, 0.3) is 0 Å². The summed E-state index contributed by atoms with van der Waals surface area (Å²) >= 11 is 0. The van der Waals surface area contributed by atoms with Crippen LogP contribution in [0.15, 0.2) is 0 Å². The van der Waals surface area contributed by atoms with Crippen molar-refractivity contribution in [3.63, 3.8) is 0 Å². The average Bonchev–Trinajstić information content (AvgIpc) is 2.46. The number of rotatable bonds is 5. The molecule has 2 unspecified atom stereocenters. The molecule has 3 heteroatoms. The van der Waals surface area contributed by atoms with Gasteiger partial charge in [-0.3, -0.25) is 4.90 Å². The van der Waals surface area contributed by atoms with Crippen LogP contribution in [0.4, 0.5) is 0 Å². The molecule has 13 heavy (non-hydrogen) atoms. The van der Waals surface area contributed by atoms with E-state index in [2.05, 4.69) is 11.9 Å².